The standard InChI is InChI=1S/C7H6ClN5O.ClH/c8-1-3-2-10-4-5(11-3)12-7(9)13-6(4)14;/h2H,1H2,(H3,9,11,12,13,14);1H. The molecule has 2 rings (SSSR count). The van der Waals surface area contributed by atoms with Gasteiger partial charge in [-0.3, -0.25) is 9.78 Å². The number of alkyl halides is 1. The number of hydrogen-bond acceptors (Lipinski definition) is 5. The van der Waals surface area contributed by atoms with Gasteiger partial charge in [0.15, 0.2) is 11.2 Å². The van der Waals surface area contributed by atoms with Crippen LogP contribution < -0.4 is 11.3 Å². The molecule has 0 radical (unpaired) electrons. The highest BCUT2D eigenvalue weighted by Gasteiger charge is 2.05. The summed E-state index contributed by atoms with van der Waals surface area (Å²) in [4.78, 5) is 25.3. The molecular formula is C7H7Cl2N5O. The number of nitrogens with two attached hydrogens (primary N) is 1. The summed E-state index contributed by atoms with van der Waals surface area (Å²) in [5.74, 6) is 0.237. The Kier molecular flexibility index (Phi) is 3.43. The smallest absolute Gasteiger partial charge is 0.280 e. The van der Waals surface area contributed by atoms with Crippen LogP contribution in [0.15, 0.2) is 11.0 Å². The number of nitrogen functional groups attached to an aromatic ring is 1. The molecule has 0 aliphatic carbocycles. The lowest BCUT2D eigenvalue weighted by molar-refractivity contribution is 1.08. The van der Waals surface area contributed by atoms with E-state index in [0.717, 1.165) is 0 Å². The first-order chi connectivity index (χ1) is 6.70. The van der Waals surface area contributed by atoms with E-state index in [4.69, 9.17) is 17.3 Å². The molecular weight excluding hydrogens is 241 g/mol. The molecule has 80 valence electrons. The molecule has 6 nitrogen and oxygen atoms in total. The molecule has 0 saturated carbocycles. The zero-order chi connectivity index (χ0) is 10.1. The highest BCUT2D eigenvalue weighted by molar-refractivity contribution is 6.16. The van der Waals surface area contributed by atoms with Crippen molar-refractivity contribution in [3.8, 4) is 0 Å². The van der Waals surface area contributed by atoms with Gasteiger partial charge in [-0.1, -0.05) is 0 Å². The molecule has 3 N–H and O–H groups in total. The van der Waals surface area contributed by atoms with Crippen LogP contribution in [0.3, 0.4) is 0 Å². The molecule has 0 aromatic carbocycles. The van der Waals surface area contributed by atoms with Crippen LogP contribution in [0.2, 0.25) is 0 Å². The summed E-state index contributed by atoms with van der Waals surface area (Å²) >= 11 is 5.56. The third kappa shape index (κ3) is 2.16. The Hall–Kier alpha value is -1.40. The lowest BCUT2D eigenvalue weighted by atomic mass is 10.4. The van der Waals surface area contributed by atoms with Crippen molar-refractivity contribution >= 4 is 41.1 Å². The largest absolute Gasteiger partial charge is 0.369 e. The predicted molar refractivity (Wildman–Crippen MR) is 59.2 cm³/mol. The fourth-order valence-electron chi connectivity index (χ4n) is 1.03. The lowest BCUT2D eigenvalue weighted by Gasteiger charge is -1.98. The number of hydrogen-bond donors (Lipinski definition) is 2. The van der Waals surface area contributed by atoms with Crippen molar-refractivity contribution in [2.45, 2.75) is 5.88 Å². The maximum absolute atomic E-state index is 11.3. The van der Waals surface area contributed by atoms with Gasteiger partial charge in [-0.15, -0.1) is 24.0 Å². The first-order valence-electron chi connectivity index (χ1n) is 3.78. The Balaban J connectivity index is 0.00000112. The zero-order valence-electron chi connectivity index (χ0n) is 7.40. The van der Waals surface area contributed by atoms with Gasteiger partial charge in [-0.2, -0.15) is 4.98 Å². The second-order valence-corrected chi connectivity index (χ2v) is 2.89. The number of fused-ring (bicyclic) bond motifs is 1. The van der Waals surface area contributed by atoms with E-state index < -0.39 is 5.56 Å². The molecule has 0 aliphatic rings. The number of nitrogens with one attached hydrogen (secondary N) is 1. The number of anilines is 1. The molecule has 2 aromatic rings. The third-order valence-electron chi connectivity index (χ3n) is 1.62. The molecule has 2 heterocycles. The van der Waals surface area contributed by atoms with E-state index in [-0.39, 0.29) is 35.4 Å². The van der Waals surface area contributed by atoms with Gasteiger partial charge in [0.2, 0.25) is 5.95 Å². The summed E-state index contributed by atoms with van der Waals surface area (Å²) in [5.41, 5.74) is 5.87. The number of aromatic nitrogens is 4. The zero-order valence-corrected chi connectivity index (χ0v) is 8.97. The van der Waals surface area contributed by atoms with Crippen molar-refractivity contribution in [3.05, 3.63) is 22.2 Å². The van der Waals surface area contributed by atoms with Gasteiger partial charge < -0.3 is 5.73 Å². The van der Waals surface area contributed by atoms with E-state index >= 15 is 0 Å². The molecule has 8 heteroatoms. The molecule has 2 aromatic heterocycles. The summed E-state index contributed by atoms with van der Waals surface area (Å²) in [5, 5.41) is 0. The van der Waals surface area contributed by atoms with Crippen molar-refractivity contribution in [3.63, 3.8) is 0 Å². The lowest BCUT2D eigenvalue weighted by Crippen LogP contribution is -2.13. The normalized spacial score (nSPS) is 9.93. The third-order valence-corrected chi connectivity index (χ3v) is 1.90. The van der Waals surface area contributed by atoms with Crippen LogP contribution >= 0.6 is 24.0 Å². The quantitative estimate of drug-likeness (QED) is 0.714. The predicted octanol–water partition coefficient (Wildman–Crippen LogP) is 0.456. The van der Waals surface area contributed by atoms with Gasteiger partial charge in [-0.05, 0) is 0 Å². The second kappa shape index (κ2) is 4.41. The van der Waals surface area contributed by atoms with Gasteiger partial charge in [-0.25, -0.2) is 9.97 Å². The van der Waals surface area contributed by atoms with Crippen LogP contribution in [0.1, 0.15) is 5.69 Å². The van der Waals surface area contributed by atoms with E-state index in [1.165, 1.54) is 6.20 Å². The molecule has 0 spiro atoms. The van der Waals surface area contributed by atoms with Crippen LogP contribution in [-0.4, -0.2) is 19.9 Å². The minimum Gasteiger partial charge on any atom is -0.369 e. The highest BCUT2D eigenvalue weighted by atomic mass is 35.5. The minimum atomic E-state index is -0.402. The molecule has 0 aliphatic heterocycles. The summed E-state index contributed by atoms with van der Waals surface area (Å²) in [6.45, 7) is 0. The number of nitrogens with zero attached hydrogens (tertiary/aromatic N) is 3. The van der Waals surface area contributed by atoms with Crippen LogP contribution in [0.25, 0.3) is 11.2 Å². The number of rotatable bonds is 1. The molecule has 0 fully saturated rings. The second-order valence-electron chi connectivity index (χ2n) is 2.62. The number of aromatic amines is 1. The van der Waals surface area contributed by atoms with Crippen LogP contribution in [0.4, 0.5) is 5.95 Å². The summed E-state index contributed by atoms with van der Waals surface area (Å²) in [6.07, 6.45) is 1.43. The average Bonchev–Trinajstić information content (AvgIpc) is 2.16. The Bertz CT molecular complexity index is 540. The van der Waals surface area contributed by atoms with E-state index in [9.17, 15) is 4.79 Å². The number of H-pyrrole nitrogens is 1. The maximum Gasteiger partial charge on any atom is 0.280 e. The molecule has 0 atom stereocenters. The minimum absolute atomic E-state index is 0. The van der Waals surface area contributed by atoms with Crippen molar-refractivity contribution in [1.29, 1.82) is 0 Å². The van der Waals surface area contributed by atoms with Crippen LogP contribution in [0.5, 0.6) is 0 Å². The molecule has 15 heavy (non-hydrogen) atoms. The highest BCUT2D eigenvalue weighted by Crippen LogP contribution is 2.04. The topological polar surface area (TPSA) is 97.5 Å². The maximum atomic E-state index is 11.3. The summed E-state index contributed by atoms with van der Waals surface area (Å²) in [6, 6.07) is 0. The van der Waals surface area contributed by atoms with Crippen molar-refractivity contribution in [2.75, 3.05) is 5.73 Å². The molecule has 0 saturated heterocycles. The fourth-order valence-corrected chi connectivity index (χ4v) is 1.16. The Morgan fingerprint density at radius 2 is 2.20 bits per heavy atom. The average molecular weight is 248 g/mol. The summed E-state index contributed by atoms with van der Waals surface area (Å²) < 4.78 is 0. The van der Waals surface area contributed by atoms with Crippen molar-refractivity contribution < 1.29 is 0 Å². The van der Waals surface area contributed by atoms with Gasteiger partial charge in [0.25, 0.3) is 5.56 Å². The fraction of sp³-hybridized carbons (Fsp3) is 0.143. The summed E-state index contributed by atoms with van der Waals surface area (Å²) in [7, 11) is 0. The Morgan fingerprint density at radius 3 is 2.87 bits per heavy atom. The van der Waals surface area contributed by atoms with Crippen molar-refractivity contribution in [2.24, 2.45) is 0 Å². The van der Waals surface area contributed by atoms with Crippen molar-refractivity contribution in [1.82, 2.24) is 19.9 Å². The van der Waals surface area contributed by atoms with Gasteiger partial charge in [0.1, 0.15) is 0 Å². The first kappa shape index (κ1) is 11.7. The van der Waals surface area contributed by atoms with E-state index in [1.54, 1.807) is 0 Å². The Labute approximate surface area is 95.3 Å². The monoisotopic (exact) mass is 247 g/mol. The molecule has 0 bridgehead atoms. The van der Waals surface area contributed by atoms with Gasteiger partial charge in [0, 0.05) is 0 Å². The van der Waals surface area contributed by atoms with E-state index in [0.29, 0.717) is 5.69 Å². The van der Waals surface area contributed by atoms with Crippen LogP contribution in [0, 0.1) is 0 Å². The molecule has 0 amide bonds. The van der Waals surface area contributed by atoms with E-state index in [1.807, 2.05) is 0 Å². The molecule has 0 unspecified atom stereocenters. The first-order valence-corrected chi connectivity index (χ1v) is 4.31. The van der Waals surface area contributed by atoms with Gasteiger partial charge >= 0.3 is 0 Å². The van der Waals surface area contributed by atoms with Gasteiger partial charge in [0.05, 0.1) is 17.8 Å². The Morgan fingerprint density at radius 1 is 1.47 bits per heavy atom. The SMILES string of the molecule is Cl.Nc1nc2nc(CCl)cnc2c(=O)[nH]1. The van der Waals surface area contributed by atoms with Crippen LogP contribution in [-0.2, 0) is 5.88 Å². The van der Waals surface area contributed by atoms with E-state index in [2.05, 4.69) is 19.9 Å². The number of halogens is 2.